The Morgan fingerprint density at radius 2 is 2.00 bits per heavy atom. The van der Waals surface area contributed by atoms with Crippen molar-refractivity contribution in [2.24, 2.45) is 0 Å². The predicted octanol–water partition coefficient (Wildman–Crippen LogP) is 1.99. The van der Waals surface area contributed by atoms with Gasteiger partial charge in [-0.1, -0.05) is 12.1 Å². The summed E-state index contributed by atoms with van der Waals surface area (Å²) in [5.74, 6) is -0.933. The van der Waals surface area contributed by atoms with Crippen molar-refractivity contribution >= 4 is 23.4 Å². The molecule has 0 saturated carbocycles. The summed E-state index contributed by atoms with van der Waals surface area (Å²) in [4.78, 5) is 24.1. The Morgan fingerprint density at radius 1 is 1.37 bits per heavy atom. The summed E-state index contributed by atoms with van der Waals surface area (Å²) in [5, 5.41) is 11.4. The van der Waals surface area contributed by atoms with E-state index in [1.165, 1.54) is 4.90 Å². The van der Waals surface area contributed by atoms with Crippen LogP contribution in [0.3, 0.4) is 0 Å². The number of rotatable bonds is 5. The van der Waals surface area contributed by atoms with Gasteiger partial charge in [0.05, 0.1) is 17.8 Å². The number of anilines is 2. The van der Waals surface area contributed by atoms with E-state index >= 15 is 0 Å². The zero-order valence-electron chi connectivity index (χ0n) is 11.1. The number of carbonyl (C=O) groups excluding carboxylic acids is 1. The maximum absolute atomic E-state index is 12.1. The first-order valence-electron chi connectivity index (χ1n) is 6.05. The maximum Gasteiger partial charge on any atom is 0.322 e. The van der Waals surface area contributed by atoms with Gasteiger partial charge in [0, 0.05) is 12.6 Å². The van der Waals surface area contributed by atoms with Crippen LogP contribution in [-0.2, 0) is 4.79 Å². The van der Waals surface area contributed by atoms with Gasteiger partial charge in [0.2, 0.25) is 0 Å². The highest BCUT2D eigenvalue weighted by Gasteiger charge is 2.18. The molecule has 0 unspecified atom stereocenters. The van der Waals surface area contributed by atoms with Gasteiger partial charge in [0.1, 0.15) is 0 Å². The van der Waals surface area contributed by atoms with Crippen LogP contribution in [0.25, 0.3) is 0 Å². The van der Waals surface area contributed by atoms with E-state index < -0.39 is 5.97 Å². The van der Waals surface area contributed by atoms with Crippen LogP contribution in [0.15, 0.2) is 24.3 Å². The summed E-state index contributed by atoms with van der Waals surface area (Å²) in [6, 6.07) is 6.48. The molecule has 4 N–H and O–H groups in total. The van der Waals surface area contributed by atoms with Crippen molar-refractivity contribution in [3.63, 3.8) is 0 Å². The molecule has 0 atom stereocenters. The molecule has 104 valence electrons. The van der Waals surface area contributed by atoms with Crippen molar-refractivity contribution in [3.8, 4) is 0 Å². The van der Waals surface area contributed by atoms with Gasteiger partial charge in [0.25, 0.3) is 0 Å². The van der Waals surface area contributed by atoms with Crippen LogP contribution >= 0.6 is 0 Å². The molecule has 0 aromatic heterocycles. The molecular weight excluding hydrogens is 246 g/mol. The Kier molecular flexibility index (Phi) is 5.17. The molecule has 6 nitrogen and oxygen atoms in total. The first-order valence-corrected chi connectivity index (χ1v) is 6.05. The molecule has 0 fully saturated rings. The Balaban J connectivity index is 2.72. The largest absolute Gasteiger partial charge is 0.481 e. The zero-order valence-corrected chi connectivity index (χ0v) is 11.1. The Bertz CT molecular complexity index is 460. The molecule has 0 bridgehead atoms. The molecular formula is C13H19N3O3. The number of benzene rings is 1. The Hall–Kier alpha value is -2.24. The highest BCUT2D eigenvalue weighted by molar-refractivity contribution is 5.92. The van der Waals surface area contributed by atoms with E-state index in [1.807, 2.05) is 13.8 Å². The summed E-state index contributed by atoms with van der Waals surface area (Å²) in [7, 11) is 0. The monoisotopic (exact) mass is 265 g/mol. The lowest BCUT2D eigenvalue weighted by Gasteiger charge is -2.26. The number of amides is 2. The SMILES string of the molecule is CC(C)N(CCC(=O)O)C(=O)Nc1ccccc1N. The van der Waals surface area contributed by atoms with E-state index in [-0.39, 0.29) is 25.0 Å². The van der Waals surface area contributed by atoms with Crippen molar-refractivity contribution in [3.05, 3.63) is 24.3 Å². The fourth-order valence-corrected chi connectivity index (χ4v) is 1.61. The van der Waals surface area contributed by atoms with Crippen molar-refractivity contribution in [2.45, 2.75) is 26.3 Å². The Morgan fingerprint density at radius 3 is 2.53 bits per heavy atom. The second-order valence-electron chi connectivity index (χ2n) is 4.45. The number of nitrogen functional groups attached to an aromatic ring is 1. The van der Waals surface area contributed by atoms with Crippen LogP contribution in [0.2, 0.25) is 0 Å². The number of carboxylic acid groups (broad SMARTS) is 1. The number of para-hydroxylation sites is 2. The molecule has 0 aliphatic carbocycles. The standard InChI is InChI=1S/C13H19N3O3/c1-9(2)16(8-7-12(17)18)13(19)15-11-6-4-3-5-10(11)14/h3-6,9H,7-8,14H2,1-2H3,(H,15,19)(H,17,18). The topological polar surface area (TPSA) is 95.7 Å². The van der Waals surface area contributed by atoms with Crippen LogP contribution in [0.1, 0.15) is 20.3 Å². The molecule has 1 aromatic rings. The van der Waals surface area contributed by atoms with E-state index in [0.717, 1.165) is 0 Å². The lowest BCUT2D eigenvalue weighted by Crippen LogP contribution is -2.41. The fraction of sp³-hybridized carbons (Fsp3) is 0.385. The predicted molar refractivity (Wildman–Crippen MR) is 74.0 cm³/mol. The maximum atomic E-state index is 12.1. The van der Waals surface area contributed by atoms with Gasteiger partial charge in [-0.2, -0.15) is 0 Å². The third-order valence-corrected chi connectivity index (χ3v) is 2.65. The van der Waals surface area contributed by atoms with Gasteiger partial charge in [-0.25, -0.2) is 4.79 Å². The number of nitrogens with zero attached hydrogens (tertiary/aromatic N) is 1. The normalized spacial score (nSPS) is 10.3. The minimum Gasteiger partial charge on any atom is -0.481 e. The van der Waals surface area contributed by atoms with Crippen molar-refractivity contribution in [2.75, 3.05) is 17.6 Å². The smallest absolute Gasteiger partial charge is 0.322 e. The zero-order chi connectivity index (χ0) is 14.4. The molecule has 19 heavy (non-hydrogen) atoms. The lowest BCUT2D eigenvalue weighted by molar-refractivity contribution is -0.137. The van der Waals surface area contributed by atoms with E-state index in [9.17, 15) is 9.59 Å². The number of carbonyl (C=O) groups is 2. The first kappa shape index (κ1) is 14.8. The number of aliphatic carboxylic acids is 1. The summed E-state index contributed by atoms with van der Waals surface area (Å²) in [5.41, 5.74) is 6.73. The highest BCUT2D eigenvalue weighted by Crippen LogP contribution is 2.17. The molecule has 1 aromatic carbocycles. The van der Waals surface area contributed by atoms with Crippen molar-refractivity contribution < 1.29 is 14.7 Å². The third kappa shape index (κ3) is 4.50. The molecule has 0 spiro atoms. The molecule has 0 aliphatic heterocycles. The Labute approximate surface area is 112 Å². The molecule has 0 radical (unpaired) electrons. The van der Waals surface area contributed by atoms with Gasteiger partial charge in [-0.15, -0.1) is 0 Å². The quantitative estimate of drug-likeness (QED) is 0.709. The minimum atomic E-state index is -0.933. The average Bonchev–Trinajstić information content (AvgIpc) is 2.31. The summed E-state index contributed by atoms with van der Waals surface area (Å²) in [6.07, 6.45) is -0.0874. The van der Waals surface area contributed by atoms with Gasteiger partial charge in [0.15, 0.2) is 0 Å². The van der Waals surface area contributed by atoms with Crippen LogP contribution in [0, 0.1) is 0 Å². The number of hydrogen-bond acceptors (Lipinski definition) is 3. The van der Waals surface area contributed by atoms with Crippen LogP contribution in [0.5, 0.6) is 0 Å². The molecule has 1 rings (SSSR count). The van der Waals surface area contributed by atoms with Crippen LogP contribution in [0.4, 0.5) is 16.2 Å². The molecule has 0 saturated heterocycles. The number of urea groups is 1. The van der Waals surface area contributed by atoms with Crippen LogP contribution in [-0.4, -0.2) is 34.6 Å². The fourth-order valence-electron chi connectivity index (χ4n) is 1.61. The number of nitrogens with two attached hydrogens (primary N) is 1. The third-order valence-electron chi connectivity index (χ3n) is 2.65. The van der Waals surface area contributed by atoms with E-state index in [4.69, 9.17) is 10.8 Å². The molecule has 0 heterocycles. The average molecular weight is 265 g/mol. The number of nitrogens with one attached hydrogen (secondary N) is 1. The second kappa shape index (κ2) is 6.63. The van der Waals surface area contributed by atoms with E-state index in [2.05, 4.69) is 5.32 Å². The molecule has 2 amide bonds. The van der Waals surface area contributed by atoms with Crippen molar-refractivity contribution in [1.29, 1.82) is 0 Å². The minimum absolute atomic E-state index is 0.0874. The summed E-state index contributed by atoms with van der Waals surface area (Å²) >= 11 is 0. The first-order chi connectivity index (χ1) is 8.91. The number of carboxylic acids is 1. The summed E-state index contributed by atoms with van der Waals surface area (Å²) < 4.78 is 0. The molecule has 0 aliphatic rings. The van der Waals surface area contributed by atoms with Gasteiger partial charge >= 0.3 is 12.0 Å². The van der Waals surface area contributed by atoms with Gasteiger partial charge in [-0.3, -0.25) is 4.79 Å². The van der Waals surface area contributed by atoms with E-state index in [0.29, 0.717) is 11.4 Å². The van der Waals surface area contributed by atoms with E-state index in [1.54, 1.807) is 24.3 Å². The van der Waals surface area contributed by atoms with Crippen molar-refractivity contribution in [1.82, 2.24) is 4.90 Å². The second-order valence-corrected chi connectivity index (χ2v) is 4.45. The number of hydrogen-bond donors (Lipinski definition) is 3. The lowest BCUT2D eigenvalue weighted by atomic mass is 10.2. The molecule has 6 heteroatoms. The van der Waals surface area contributed by atoms with Gasteiger partial charge < -0.3 is 21.1 Å². The van der Waals surface area contributed by atoms with Gasteiger partial charge in [-0.05, 0) is 26.0 Å². The highest BCUT2D eigenvalue weighted by atomic mass is 16.4. The summed E-state index contributed by atoms with van der Waals surface area (Å²) in [6.45, 7) is 3.82. The van der Waals surface area contributed by atoms with Crippen LogP contribution < -0.4 is 11.1 Å².